The van der Waals surface area contributed by atoms with E-state index in [0.717, 1.165) is 5.56 Å². The molecule has 0 aliphatic rings. The molecule has 4 rings (SSSR count). The fourth-order valence-electron chi connectivity index (χ4n) is 3.62. The van der Waals surface area contributed by atoms with Gasteiger partial charge in [0.15, 0.2) is 0 Å². The number of aliphatic hydroxyl groups is 2. The van der Waals surface area contributed by atoms with Crippen molar-refractivity contribution in [2.75, 3.05) is 13.2 Å². The van der Waals surface area contributed by atoms with Crippen LogP contribution in [0.5, 0.6) is 0 Å². The molecule has 0 atom stereocenters. The molecule has 0 saturated heterocycles. The number of nitrogens with zero attached hydrogens (tertiary/aromatic N) is 1. The SMILES string of the molecule is Cn1c2ccc(CNC(C)(CO)CO)cc2c2c3ccccc3ccc21. The van der Waals surface area contributed by atoms with Gasteiger partial charge in [-0.2, -0.15) is 0 Å². The summed E-state index contributed by atoms with van der Waals surface area (Å²) in [4.78, 5) is 0. The summed E-state index contributed by atoms with van der Waals surface area (Å²) in [5.41, 5.74) is 2.87. The Morgan fingerprint density at radius 2 is 1.65 bits per heavy atom. The summed E-state index contributed by atoms with van der Waals surface area (Å²) in [7, 11) is 2.10. The molecule has 4 aromatic rings. The van der Waals surface area contributed by atoms with Crippen molar-refractivity contribution in [3.63, 3.8) is 0 Å². The first-order valence-corrected chi connectivity index (χ1v) is 8.92. The van der Waals surface area contributed by atoms with Crippen LogP contribution in [0.2, 0.25) is 0 Å². The van der Waals surface area contributed by atoms with Gasteiger partial charge in [0.1, 0.15) is 0 Å². The molecule has 134 valence electrons. The van der Waals surface area contributed by atoms with Crippen molar-refractivity contribution in [1.82, 2.24) is 9.88 Å². The molecule has 0 bridgehead atoms. The molecule has 1 heterocycles. The van der Waals surface area contributed by atoms with Gasteiger partial charge in [0.25, 0.3) is 0 Å². The lowest BCUT2D eigenvalue weighted by Gasteiger charge is -2.26. The van der Waals surface area contributed by atoms with Crippen LogP contribution >= 0.6 is 0 Å². The molecule has 0 unspecified atom stereocenters. The average Bonchev–Trinajstić information content (AvgIpc) is 2.98. The number of hydrogen-bond acceptors (Lipinski definition) is 3. The zero-order valence-corrected chi connectivity index (χ0v) is 15.2. The van der Waals surface area contributed by atoms with Gasteiger partial charge in [-0.15, -0.1) is 0 Å². The summed E-state index contributed by atoms with van der Waals surface area (Å²) in [6.45, 7) is 2.20. The Labute approximate surface area is 152 Å². The van der Waals surface area contributed by atoms with E-state index in [9.17, 15) is 10.2 Å². The molecule has 0 amide bonds. The minimum Gasteiger partial charge on any atom is -0.394 e. The first-order valence-electron chi connectivity index (χ1n) is 8.92. The van der Waals surface area contributed by atoms with E-state index in [1.54, 1.807) is 0 Å². The molecule has 0 spiro atoms. The molecule has 4 heteroatoms. The highest BCUT2D eigenvalue weighted by Gasteiger charge is 2.21. The molecule has 0 aliphatic carbocycles. The van der Waals surface area contributed by atoms with Crippen LogP contribution in [0, 0.1) is 0 Å². The van der Waals surface area contributed by atoms with Crippen LogP contribution in [0.25, 0.3) is 32.6 Å². The third kappa shape index (κ3) is 2.67. The van der Waals surface area contributed by atoms with Crippen LogP contribution in [0.4, 0.5) is 0 Å². The van der Waals surface area contributed by atoms with Crippen molar-refractivity contribution in [3.05, 3.63) is 60.2 Å². The largest absolute Gasteiger partial charge is 0.394 e. The number of fused-ring (bicyclic) bond motifs is 5. The Kier molecular flexibility index (Phi) is 4.19. The van der Waals surface area contributed by atoms with E-state index < -0.39 is 5.54 Å². The van der Waals surface area contributed by atoms with Crippen LogP contribution in [-0.2, 0) is 13.6 Å². The van der Waals surface area contributed by atoms with Gasteiger partial charge in [0, 0.05) is 35.4 Å². The molecule has 0 radical (unpaired) electrons. The van der Waals surface area contributed by atoms with Crippen LogP contribution in [0.3, 0.4) is 0 Å². The predicted molar refractivity (Wildman–Crippen MR) is 107 cm³/mol. The minimum atomic E-state index is -0.680. The first-order chi connectivity index (χ1) is 12.6. The predicted octanol–water partition coefficient (Wildman–Crippen LogP) is 3.32. The van der Waals surface area contributed by atoms with E-state index in [1.807, 2.05) is 6.92 Å². The van der Waals surface area contributed by atoms with E-state index in [2.05, 4.69) is 71.5 Å². The molecule has 0 aliphatic heterocycles. The van der Waals surface area contributed by atoms with Crippen LogP contribution in [0.15, 0.2) is 54.6 Å². The van der Waals surface area contributed by atoms with Gasteiger partial charge in [0.2, 0.25) is 0 Å². The first kappa shape index (κ1) is 17.0. The van der Waals surface area contributed by atoms with Crippen molar-refractivity contribution in [1.29, 1.82) is 0 Å². The second kappa shape index (κ2) is 6.40. The van der Waals surface area contributed by atoms with Gasteiger partial charge in [-0.1, -0.05) is 36.4 Å². The maximum atomic E-state index is 9.47. The average molecular weight is 348 g/mol. The minimum absolute atomic E-state index is 0.106. The Morgan fingerprint density at radius 1 is 0.923 bits per heavy atom. The van der Waals surface area contributed by atoms with Crippen LogP contribution in [0.1, 0.15) is 12.5 Å². The molecule has 1 aromatic heterocycles. The smallest absolute Gasteiger partial charge is 0.0633 e. The maximum Gasteiger partial charge on any atom is 0.0633 e. The Hall–Kier alpha value is -2.40. The fourth-order valence-corrected chi connectivity index (χ4v) is 3.62. The van der Waals surface area contributed by atoms with Crippen molar-refractivity contribution in [2.45, 2.75) is 19.0 Å². The van der Waals surface area contributed by atoms with Gasteiger partial charge < -0.3 is 20.1 Å². The lowest BCUT2D eigenvalue weighted by atomic mass is 10.0. The third-order valence-electron chi connectivity index (χ3n) is 5.38. The lowest BCUT2D eigenvalue weighted by Crippen LogP contribution is -2.48. The zero-order chi connectivity index (χ0) is 18.3. The molecular weight excluding hydrogens is 324 g/mol. The molecule has 0 saturated carbocycles. The molecule has 4 nitrogen and oxygen atoms in total. The summed E-state index contributed by atoms with van der Waals surface area (Å²) >= 11 is 0. The highest BCUT2D eigenvalue weighted by molar-refractivity contribution is 6.20. The van der Waals surface area contributed by atoms with Gasteiger partial charge in [-0.3, -0.25) is 0 Å². The van der Waals surface area contributed by atoms with Crippen molar-refractivity contribution in [2.24, 2.45) is 7.05 Å². The molecular formula is C22H24N2O2. The number of aromatic nitrogens is 1. The Morgan fingerprint density at radius 3 is 2.42 bits per heavy atom. The maximum absolute atomic E-state index is 9.47. The highest BCUT2D eigenvalue weighted by atomic mass is 16.3. The molecule has 26 heavy (non-hydrogen) atoms. The van der Waals surface area contributed by atoms with E-state index in [-0.39, 0.29) is 13.2 Å². The van der Waals surface area contributed by atoms with Gasteiger partial charge >= 0.3 is 0 Å². The number of hydrogen-bond donors (Lipinski definition) is 3. The van der Waals surface area contributed by atoms with E-state index in [4.69, 9.17) is 0 Å². The van der Waals surface area contributed by atoms with E-state index >= 15 is 0 Å². The van der Waals surface area contributed by atoms with Crippen LogP contribution < -0.4 is 5.32 Å². The number of rotatable bonds is 5. The Balaban J connectivity index is 1.87. The summed E-state index contributed by atoms with van der Waals surface area (Å²) in [5.74, 6) is 0. The Bertz CT molecular complexity index is 1090. The van der Waals surface area contributed by atoms with Gasteiger partial charge in [-0.25, -0.2) is 0 Å². The van der Waals surface area contributed by atoms with E-state index in [0.29, 0.717) is 6.54 Å². The second-order valence-electron chi connectivity index (χ2n) is 7.32. The molecule has 3 aromatic carbocycles. The summed E-state index contributed by atoms with van der Waals surface area (Å²) < 4.78 is 2.24. The number of benzene rings is 3. The number of aliphatic hydroxyl groups excluding tert-OH is 2. The zero-order valence-electron chi connectivity index (χ0n) is 15.2. The third-order valence-corrected chi connectivity index (χ3v) is 5.38. The van der Waals surface area contributed by atoms with Gasteiger partial charge in [0.05, 0.1) is 18.8 Å². The van der Waals surface area contributed by atoms with Crippen LogP contribution in [-0.4, -0.2) is 33.5 Å². The lowest BCUT2D eigenvalue weighted by molar-refractivity contribution is 0.103. The van der Waals surface area contributed by atoms with E-state index in [1.165, 1.54) is 32.6 Å². The summed E-state index contributed by atoms with van der Waals surface area (Å²) in [5, 5.41) is 27.2. The monoisotopic (exact) mass is 348 g/mol. The quantitative estimate of drug-likeness (QED) is 0.519. The topological polar surface area (TPSA) is 57.4 Å². The number of aryl methyl sites for hydroxylation is 1. The van der Waals surface area contributed by atoms with Crippen molar-refractivity contribution < 1.29 is 10.2 Å². The standard InChI is InChI=1S/C22H24N2O2/c1-22(13-25,14-26)23-12-15-7-9-19-18(11-15)21-17-6-4-3-5-16(17)8-10-20(21)24(19)2/h3-11,23,25-26H,12-14H2,1-2H3. The van der Waals surface area contributed by atoms with Gasteiger partial charge in [-0.05, 0) is 41.5 Å². The summed E-state index contributed by atoms with van der Waals surface area (Å²) in [6, 6.07) is 19.3. The normalized spacial score (nSPS) is 12.5. The molecule has 0 fully saturated rings. The summed E-state index contributed by atoms with van der Waals surface area (Å²) in [6.07, 6.45) is 0. The fraction of sp³-hybridized carbons (Fsp3) is 0.273. The van der Waals surface area contributed by atoms with Crippen molar-refractivity contribution >= 4 is 32.6 Å². The highest BCUT2D eigenvalue weighted by Crippen LogP contribution is 2.34. The van der Waals surface area contributed by atoms with Crippen molar-refractivity contribution in [3.8, 4) is 0 Å². The molecule has 3 N–H and O–H groups in total. The number of nitrogens with one attached hydrogen (secondary N) is 1. The second-order valence-corrected chi connectivity index (χ2v) is 7.32.